The van der Waals surface area contributed by atoms with E-state index in [-0.39, 0.29) is 6.04 Å². The molecule has 0 saturated carbocycles. The zero-order valence-corrected chi connectivity index (χ0v) is 13.1. The third kappa shape index (κ3) is 4.78. The van der Waals surface area contributed by atoms with E-state index in [1.165, 1.54) is 0 Å². The molecule has 0 spiro atoms. The van der Waals surface area contributed by atoms with Crippen LogP contribution in [-0.4, -0.2) is 36.4 Å². The highest BCUT2D eigenvalue weighted by molar-refractivity contribution is 5.33. The van der Waals surface area contributed by atoms with Gasteiger partial charge >= 0.3 is 0 Å². The minimum Gasteiger partial charge on any atom is -0.508 e. The normalized spacial score (nSPS) is 14.4. The fourth-order valence-electron chi connectivity index (χ4n) is 2.39. The monoisotopic (exact) mass is 280 g/mol. The van der Waals surface area contributed by atoms with Crippen molar-refractivity contribution in [2.75, 3.05) is 20.3 Å². The second-order valence-electron chi connectivity index (χ2n) is 5.12. The lowest BCUT2D eigenvalue weighted by Crippen LogP contribution is -2.48. The number of hydrazine groups is 1. The first kappa shape index (κ1) is 17.0. The summed E-state index contributed by atoms with van der Waals surface area (Å²) in [5, 5.41) is 12.2. The average Bonchev–Trinajstić information content (AvgIpc) is 2.44. The molecule has 0 aromatic heterocycles. The van der Waals surface area contributed by atoms with Gasteiger partial charge in [0.1, 0.15) is 5.75 Å². The number of nitrogens with zero attached hydrogens (tertiary/aromatic N) is 1. The summed E-state index contributed by atoms with van der Waals surface area (Å²) < 4.78 is 5.30. The van der Waals surface area contributed by atoms with Crippen molar-refractivity contribution in [3.63, 3.8) is 0 Å². The summed E-state index contributed by atoms with van der Waals surface area (Å²) in [5.41, 5.74) is 4.42. The standard InChI is InChI=1S/C16H28N2O2/c1-5-11-18(14(6-2)12-20-4)17-13(3)15-9-7-8-10-16(15)19/h7-10,13-14,17,19H,5-6,11-12H2,1-4H3/t13?,14-/m1/s1. The summed E-state index contributed by atoms with van der Waals surface area (Å²) in [6.45, 7) is 8.06. The van der Waals surface area contributed by atoms with Crippen LogP contribution in [0.4, 0.5) is 0 Å². The quantitative estimate of drug-likeness (QED) is 0.682. The maximum atomic E-state index is 9.94. The fraction of sp³-hybridized carbons (Fsp3) is 0.625. The number of rotatable bonds is 9. The number of phenols is 1. The zero-order valence-electron chi connectivity index (χ0n) is 13.1. The topological polar surface area (TPSA) is 44.7 Å². The Hall–Kier alpha value is -1.10. The van der Waals surface area contributed by atoms with Crippen LogP contribution in [0, 0.1) is 0 Å². The number of ether oxygens (including phenoxy) is 1. The molecule has 0 aliphatic carbocycles. The van der Waals surface area contributed by atoms with Gasteiger partial charge in [0.15, 0.2) is 0 Å². The Morgan fingerprint density at radius 1 is 1.30 bits per heavy atom. The van der Waals surface area contributed by atoms with Crippen LogP contribution in [0.25, 0.3) is 0 Å². The number of hydrogen-bond acceptors (Lipinski definition) is 4. The molecular formula is C16H28N2O2. The molecule has 0 radical (unpaired) electrons. The highest BCUT2D eigenvalue weighted by Crippen LogP contribution is 2.23. The van der Waals surface area contributed by atoms with Crippen molar-refractivity contribution in [2.45, 2.75) is 45.7 Å². The lowest BCUT2D eigenvalue weighted by Gasteiger charge is -2.33. The maximum absolute atomic E-state index is 9.94. The number of benzene rings is 1. The smallest absolute Gasteiger partial charge is 0.120 e. The number of phenolic OH excluding ortho intramolecular Hbond substituents is 1. The van der Waals surface area contributed by atoms with Crippen LogP contribution in [0.2, 0.25) is 0 Å². The Balaban J connectivity index is 2.76. The third-order valence-corrected chi connectivity index (χ3v) is 3.50. The Morgan fingerprint density at radius 2 is 2.00 bits per heavy atom. The molecule has 20 heavy (non-hydrogen) atoms. The van der Waals surface area contributed by atoms with Gasteiger partial charge in [0.05, 0.1) is 6.61 Å². The first-order valence-electron chi connectivity index (χ1n) is 7.43. The lowest BCUT2D eigenvalue weighted by molar-refractivity contribution is 0.0408. The van der Waals surface area contributed by atoms with Crippen LogP contribution in [0.5, 0.6) is 5.75 Å². The van der Waals surface area contributed by atoms with E-state index in [4.69, 9.17) is 4.74 Å². The predicted molar refractivity (Wildman–Crippen MR) is 82.6 cm³/mol. The van der Waals surface area contributed by atoms with Gasteiger partial charge < -0.3 is 9.84 Å². The van der Waals surface area contributed by atoms with Crippen LogP contribution in [0.3, 0.4) is 0 Å². The SMILES string of the molecule is CCCN(NC(C)c1ccccc1O)[C@H](CC)COC. The average molecular weight is 280 g/mol. The molecule has 0 heterocycles. The van der Waals surface area contributed by atoms with Crippen LogP contribution >= 0.6 is 0 Å². The van der Waals surface area contributed by atoms with Crippen molar-refractivity contribution < 1.29 is 9.84 Å². The van der Waals surface area contributed by atoms with Crippen molar-refractivity contribution in [2.24, 2.45) is 0 Å². The van der Waals surface area contributed by atoms with E-state index in [2.05, 4.69) is 31.2 Å². The van der Waals surface area contributed by atoms with E-state index < -0.39 is 0 Å². The molecule has 0 fully saturated rings. The van der Waals surface area contributed by atoms with Gasteiger partial charge in [-0.2, -0.15) is 0 Å². The summed E-state index contributed by atoms with van der Waals surface area (Å²) in [7, 11) is 1.74. The van der Waals surface area contributed by atoms with Crippen molar-refractivity contribution in [1.82, 2.24) is 10.4 Å². The van der Waals surface area contributed by atoms with Crippen LogP contribution in [-0.2, 0) is 4.74 Å². The summed E-state index contributed by atoms with van der Waals surface area (Å²) in [5.74, 6) is 0.337. The predicted octanol–water partition coefficient (Wildman–Crippen LogP) is 3.09. The van der Waals surface area contributed by atoms with E-state index >= 15 is 0 Å². The molecular weight excluding hydrogens is 252 g/mol. The second-order valence-corrected chi connectivity index (χ2v) is 5.12. The summed E-state index contributed by atoms with van der Waals surface area (Å²) in [6.07, 6.45) is 2.09. The Morgan fingerprint density at radius 3 is 2.55 bits per heavy atom. The second kappa shape index (κ2) is 8.95. The van der Waals surface area contributed by atoms with Gasteiger partial charge in [0, 0.05) is 31.3 Å². The van der Waals surface area contributed by atoms with Crippen LogP contribution in [0.1, 0.15) is 45.2 Å². The molecule has 4 nitrogen and oxygen atoms in total. The molecule has 1 aromatic rings. The highest BCUT2D eigenvalue weighted by Gasteiger charge is 2.19. The minimum absolute atomic E-state index is 0.0636. The number of methoxy groups -OCH3 is 1. The summed E-state index contributed by atoms with van der Waals surface area (Å²) in [4.78, 5) is 0. The molecule has 1 aromatic carbocycles. The molecule has 0 bridgehead atoms. The zero-order chi connectivity index (χ0) is 15.0. The Kier molecular flexibility index (Phi) is 7.59. The maximum Gasteiger partial charge on any atom is 0.120 e. The highest BCUT2D eigenvalue weighted by atomic mass is 16.5. The molecule has 1 unspecified atom stereocenters. The van der Waals surface area contributed by atoms with Gasteiger partial charge in [-0.05, 0) is 25.8 Å². The number of nitrogens with one attached hydrogen (secondary N) is 1. The van der Waals surface area contributed by atoms with Crippen molar-refractivity contribution in [3.8, 4) is 5.75 Å². The Bertz CT molecular complexity index is 384. The molecule has 0 aliphatic rings. The summed E-state index contributed by atoms with van der Waals surface area (Å²) >= 11 is 0. The largest absolute Gasteiger partial charge is 0.508 e. The van der Waals surface area contributed by atoms with Crippen molar-refractivity contribution >= 4 is 0 Å². The first-order chi connectivity index (χ1) is 9.63. The first-order valence-corrected chi connectivity index (χ1v) is 7.43. The van der Waals surface area contributed by atoms with E-state index in [1.54, 1.807) is 13.2 Å². The van der Waals surface area contributed by atoms with E-state index in [0.717, 1.165) is 24.9 Å². The van der Waals surface area contributed by atoms with Gasteiger partial charge in [-0.15, -0.1) is 0 Å². The molecule has 114 valence electrons. The number of aromatic hydroxyl groups is 1. The van der Waals surface area contributed by atoms with Crippen LogP contribution in [0.15, 0.2) is 24.3 Å². The van der Waals surface area contributed by atoms with Gasteiger partial charge in [-0.25, -0.2) is 10.4 Å². The molecule has 0 aliphatic heterocycles. The van der Waals surface area contributed by atoms with Gasteiger partial charge in [-0.1, -0.05) is 32.0 Å². The van der Waals surface area contributed by atoms with Gasteiger partial charge in [0.25, 0.3) is 0 Å². The lowest BCUT2D eigenvalue weighted by atomic mass is 10.1. The van der Waals surface area contributed by atoms with Gasteiger partial charge in [-0.3, -0.25) is 0 Å². The van der Waals surface area contributed by atoms with E-state index in [9.17, 15) is 5.11 Å². The molecule has 4 heteroatoms. The molecule has 2 N–H and O–H groups in total. The molecule has 1 rings (SSSR count). The van der Waals surface area contributed by atoms with E-state index in [1.807, 2.05) is 18.2 Å². The number of para-hydroxylation sites is 1. The van der Waals surface area contributed by atoms with Crippen LogP contribution < -0.4 is 5.43 Å². The van der Waals surface area contributed by atoms with Crippen molar-refractivity contribution in [3.05, 3.63) is 29.8 Å². The molecule has 2 atom stereocenters. The Labute approximate surface area is 122 Å². The van der Waals surface area contributed by atoms with Crippen molar-refractivity contribution in [1.29, 1.82) is 0 Å². The van der Waals surface area contributed by atoms with E-state index in [0.29, 0.717) is 18.4 Å². The molecule has 0 amide bonds. The third-order valence-electron chi connectivity index (χ3n) is 3.50. The minimum atomic E-state index is 0.0636. The summed E-state index contributed by atoms with van der Waals surface area (Å²) in [6, 6.07) is 7.87. The fourth-order valence-corrected chi connectivity index (χ4v) is 2.39. The number of hydrogen-bond donors (Lipinski definition) is 2. The van der Waals surface area contributed by atoms with Gasteiger partial charge in [0.2, 0.25) is 0 Å². The molecule has 0 saturated heterocycles.